The molecule has 0 radical (unpaired) electrons. The molecule has 2 N–H and O–H groups in total. The van der Waals surface area contributed by atoms with Crippen LogP contribution in [0.25, 0.3) is 0 Å². The fraction of sp³-hybridized carbons (Fsp3) is 0.333. The SMILES string of the molecule is C=C(C)C(=O)C(C=O)P(=O)(O)O. The molecule has 0 spiro atoms. The van der Waals surface area contributed by atoms with E-state index in [2.05, 4.69) is 6.58 Å². The Morgan fingerprint density at radius 3 is 2.08 bits per heavy atom. The van der Waals surface area contributed by atoms with Crippen LogP contribution in [0, 0.1) is 0 Å². The normalized spacial score (nSPS) is 13.6. The Hall–Kier alpha value is -0.770. The second-order valence-electron chi connectivity index (χ2n) is 2.31. The maximum atomic E-state index is 10.9. The van der Waals surface area contributed by atoms with Gasteiger partial charge in [-0.3, -0.25) is 9.36 Å². The van der Waals surface area contributed by atoms with Crippen molar-refractivity contribution in [3.05, 3.63) is 12.2 Å². The number of hydrogen-bond donors (Lipinski definition) is 2. The van der Waals surface area contributed by atoms with Gasteiger partial charge in [-0.25, -0.2) is 0 Å². The van der Waals surface area contributed by atoms with Crippen molar-refractivity contribution in [1.29, 1.82) is 0 Å². The highest BCUT2D eigenvalue weighted by molar-refractivity contribution is 7.54. The van der Waals surface area contributed by atoms with Crippen LogP contribution in [-0.4, -0.2) is 27.5 Å². The fourth-order valence-electron chi connectivity index (χ4n) is 0.546. The summed E-state index contributed by atoms with van der Waals surface area (Å²) in [6, 6.07) is 0. The molecular weight excluding hydrogens is 183 g/mol. The summed E-state index contributed by atoms with van der Waals surface area (Å²) in [7, 11) is -4.66. The molecule has 68 valence electrons. The number of ketones is 1. The molecule has 12 heavy (non-hydrogen) atoms. The van der Waals surface area contributed by atoms with Gasteiger partial charge in [0, 0.05) is 0 Å². The van der Waals surface area contributed by atoms with Crippen LogP contribution < -0.4 is 0 Å². The monoisotopic (exact) mass is 192 g/mol. The molecule has 0 saturated heterocycles. The predicted octanol–water partition coefficient (Wildman–Crippen LogP) is -0.123. The highest BCUT2D eigenvalue weighted by Crippen LogP contribution is 2.41. The van der Waals surface area contributed by atoms with Gasteiger partial charge in [0.05, 0.1) is 0 Å². The molecule has 0 amide bonds. The number of allylic oxidation sites excluding steroid dienone is 1. The molecular formula is C6H9O5P. The molecule has 6 heteroatoms. The van der Waals surface area contributed by atoms with E-state index in [9.17, 15) is 14.2 Å². The van der Waals surface area contributed by atoms with Crippen molar-refractivity contribution in [3.8, 4) is 0 Å². The second kappa shape index (κ2) is 3.76. The molecule has 5 nitrogen and oxygen atoms in total. The van der Waals surface area contributed by atoms with Gasteiger partial charge >= 0.3 is 7.60 Å². The van der Waals surface area contributed by atoms with Gasteiger partial charge in [-0.1, -0.05) is 6.58 Å². The Balaban J connectivity index is 4.82. The molecule has 0 aliphatic heterocycles. The third-order valence-corrected chi connectivity index (χ3v) is 2.26. The van der Waals surface area contributed by atoms with Gasteiger partial charge in [0.2, 0.25) is 0 Å². The van der Waals surface area contributed by atoms with Crippen LogP contribution in [0.3, 0.4) is 0 Å². The minimum Gasteiger partial charge on any atom is -0.324 e. The van der Waals surface area contributed by atoms with Crippen molar-refractivity contribution in [2.45, 2.75) is 12.6 Å². The summed E-state index contributed by atoms with van der Waals surface area (Å²) >= 11 is 0. The molecule has 0 aliphatic rings. The molecule has 0 bridgehead atoms. The molecule has 0 saturated carbocycles. The Kier molecular flexibility index (Phi) is 3.52. The fourth-order valence-corrected chi connectivity index (χ4v) is 1.23. The minimum atomic E-state index is -4.66. The zero-order valence-corrected chi connectivity index (χ0v) is 7.32. The first-order valence-electron chi connectivity index (χ1n) is 3.01. The highest BCUT2D eigenvalue weighted by atomic mass is 31.2. The van der Waals surface area contributed by atoms with E-state index < -0.39 is 19.0 Å². The molecule has 1 unspecified atom stereocenters. The van der Waals surface area contributed by atoms with Crippen LogP contribution in [0.2, 0.25) is 0 Å². The summed E-state index contributed by atoms with van der Waals surface area (Å²) in [6.07, 6.45) is -0.0577. The number of rotatable bonds is 4. The standard InChI is InChI=1S/C6H9O5P/c1-4(2)6(8)5(3-7)12(9,10)11/h3,5H,1H2,2H3,(H2,9,10,11). The summed E-state index contributed by atoms with van der Waals surface area (Å²) in [5.41, 5.74) is -1.94. The van der Waals surface area contributed by atoms with E-state index in [0.29, 0.717) is 0 Å². The van der Waals surface area contributed by atoms with E-state index in [1.54, 1.807) is 0 Å². The number of carbonyl (C=O) groups is 2. The predicted molar refractivity (Wildman–Crippen MR) is 41.7 cm³/mol. The molecule has 0 rings (SSSR count). The first-order valence-corrected chi connectivity index (χ1v) is 4.69. The summed E-state index contributed by atoms with van der Waals surface area (Å²) < 4.78 is 10.5. The Morgan fingerprint density at radius 1 is 1.58 bits per heavy atom. The average Bonchev–Trinajstić information content (AvgIpc) is 1.85. The van der Waals surface area contributed by atoms with Crippen molar-refractivity contribution < 1.29 is 23.9 Å². The molecule has 0 fully saturated rings. The summed E-state index contributed by atoms with van der Waals surface area (Å²) in [4.78, 5) is 38.1. The second-order valence-corrected chi connectivity index (χ2v) is 4.05. The maximum absolute atomic E-state index is 10.9. The number of hydrogen-bond acceptors (Lipinski definition) is 3. The quantitative estimate of drug-likeness (QED) is 0.280. The van der Waals surface area contributed by atoms with Crippen LogP contribution in [0.15, 0.2) is 12.2 Å². The van der Waals surface area contributed by atoms with Gasteiger partial charge < -0.3 is 14.6 Å². The van der Waals surface area contributed by atoms with Crippen LogP contribution in [-0.2, 0) is 14.2 Å². The van der Waals surface area contributed by atoms with E-state index in [1.807, 2.05) is 0 Å². The van der Waals surface area contributed by atoms with E-state index in [1.165, 1.54) is 6.92 Å². The molecule has 0 aromatic heterocycles. The van der Waals surface area contributed by atoms with E-state index in [0.717, 1.165) is 0 Å². The van der Waals surface area contributed by atoms with Gasteiger partial charge in [0.25, 0.3) is 0 Å². The van der Waals surface area contributed by atoms with Gasteiger partial charge in [-0.05, 0) is 12.5 Å². The van der Waals surface area contributed by atoms with Crippen LogP contribution in [0.1, 0.15) is 6.92 Å². The average molecular weight is 192 g/mol. The van der Waals surface area contributed by atoms with Gasteiger partial charge in [0.1, 0.15) is 6.29 Å². The first kappa shape index (κ1) is 11.2. The van der Waals surface area contributed by atoms with E-state index >= 15 is 0 Å². The highest BCUT2D eigenvalue weighted by Gasteiger charge is 2.35. The van der Waals surface area contributed by atoms with Gasteiger partial charge in [-0.15, -0.1) is 0 Å². The lowest BCUT2D eigenvalue weighted by Crippen LogP contribution is -2.22. The zero-order valence-electron chi connectivity index (χ0n) is 6.43. The van der Waals surface area contributed by atoms with Crippen LogP contribution >= 0.6 is 7.60 Å². The lowest BCUT2D eigenvalue weighted by molar-refractivity contribution is -0.119. The van der Waals surface area contributed by atoms with Crippen molar-refractivity contribution in [1.82, 2.24) is 0 Å². The van der Waals surface area contributed by atoms with Crippen molar-refractivity contribution >= 4 is 19.7 Å². The third-order valence-electron chi connectivity index (χ3n) is 1.18. The van der Waals surface area contributed by atoms with Crippen molar-refractivity contribution in [2.75, 3.05) is 0 Å². The van der Waals surface area contributed by atoms with Crippen LogP contribution in [0.5, 0.6) is 0 Å². The Labute approximate surface area is 69.2 Å². The van der Waals surface area contributed by atoms with Crippen molar-refractivity contribution in [2.24, 2.45) is 0 Å². The van der Waals surface area contributed by atoms with Gasteiger partial charge in [-0.2, -0.15) is 0 Å². The molecule has 0 heterocycles. The zero-order chi connectivity index (χ0) is 9.94. The number of Topliss-reactive ketones (excluding diaryl/α,β-unsaturated/α-hetero) is 1. The lowest BCUT2D eigenvalue weighted by atomic mass is 10.2. The Morgan fingerprint density at radius 2 is 2.00 bits per heavy atom. The topological polar surface area (TPSA) is 91.7 Å². The van der Waals surface area contributed by atoms with Crippen molar-refractivity contribution in [3.63, 3.8) is 0 Å². The lowest BCUT2D eigenvalue weighted by Gasteiger charge is -2.09. The number of aldehydes is 1. The van der Waals surface area contributed by atoms with Crippen LogP contribution in [0.4, 0.5) is 0 Å². The molecule has 0 aromatic carbocycles. The third kappa shape index (κ3) is 2.70. The first-order chi connectivity index (χ1) is 5.30. The van der Waals surface area contributed by atoms with E-state index in [-0.39, 0.29) is 11.9 Å². The number of carbonyl (C=O) groups excluding carboxylic acids is 2. The minimum absolute atomic E-state index is 0.0459. The largest absolute Gasteiger partial charge is 0.343 e. The smallest absolute Gasteiger partial charge is 0.324 e. The van der Waals surface area contributed by atoms with E-state index in [4.69, 9.17) is 9.79 Å². The molecule has 0 aliphatic carbocycles. The maximum Gasteiger partial charge on any atom is 0.343 e. The molecule has 0 aromatic rings. The summed E-state index contributed by atoms with van der Waals surface area (Å²) in [5, 5.41) is 0. The summed E-state index contributed by atoms with van der Waals surface area (Å²) in [6.45, 7) is 4.47. The summed E-state index contributed by atoms with van der Waals surface area (Å²) in [5.74, 6) is -0.918. The molecule has 1 atom stereocenters. The van der Waals surface area contributed by atoms with Gasteiger partial charge in [0.15, 0.2) is 11.4 Å². The Bertz CT molecular complexity index is 263.